The molecule has 1 N–H and O–H groups in total. The van der Waals surface area contributed by atoms with Gasteiger partial charge in [-0.25, -0.2) is 0 Å². The molecule has 0 aromatic carbocycles. The van der Waals surface area contributed by atoms with Gasteiger partial charge < -0.3 is 15.2 Å². The maximum Gasteiger partial charge on any atom is 1.00 e. The fraction of sp³-hybridized carbons (Fsp3) is 0.750. The molecule has 70 valence electrons. The van der Waals surface area contributed by atoms with E-state index in [-0.39, 0.29) is 36.8 Å². The SMILES string of the molecule is CC(C)N=C(NC(C)C)C(=O)[O-].[Li+]. The molecule has 0 atom stereocenters. The molecule has 0 aromatic heterocycles. The summed E-state index contributed by atoms with van der Waals surface area (Å²) in [5.74, 6) is -1.32. The molecule has 0 aliphatic heterocycles. The van der Waals surface area contributed by atoms with Crippen molar-refractivity contribution < 1.29 is 28.8 Å². The largest absolute Gasteiger partial charge is 1.00 e. The number of amidine groups is 1. The number of carbonyl (C=O) groups is 1. The van der Waals surface area contributed by atoms with Gasteiger partial charge in [0.05, 0.1) is 0 Å². The van der Waals surface area contributed by atoms with Crippen LogP contribution in [0, 0.1) is 0 Å². The van der Waals surface area contributed by atoms with Crippen LogP contribution in [0.4, 0.5) is 0 Å². The number of carbonyl (C=O) groups excluding carboxylic acids is 1. The minimum atomic E-state index is -1.25. The van der Waals surface area contributed by atoms with Crippen molar-refractivity contribution in [3.05, 3.63) is 0 Å². The number of rotatable bonds is 2. The van der Waals surface area contributed by atoms with E-state index in [4.69, 9.17) is 0 Å². The van der Waals surface area contributed by atoms with Crippen LogP contribution in [0.5, 0.6) is 0 Å². The average Bonchev–Trinajstić information content (AvgIpc) is 1.83. The van der Waals surface area contributed by atoms with Crippen LogP contribution in [0.2, 0.25) is 0 Å². The summed E-state index contributed by atoms with van der Waals surface area (Å²) in [6.45, 7) is 7.31. The molecule has 0 saturated carbocycles. The van der Waals surface area contributed by atoms with E-state index in [1.54, 1.807) is 0 Å². The fourth-order valence-corrected chi connectivity index (χ4v) is 0.681. The monoisotopic (exact) mass is 178 g/mol. The van der Waals surface area contributed by atoms with Gasteiger partial charge in [-0.15, -0.1) is 0 Å². The number of hydrogen-bond donors (Lipinski definition) is 1. The Morgan fingerprint density at radius 2 is 1.77 bits per heavy atom. The summed E-state index contributed by atoms with van der Waals surface area (Å²) in [7, 11) is 0. The second-order valence-electron chi connectivity index (χ2n) is 3.16. The van der Waals surface area contributed by atoms with Gasteiger partial charge in [0.1, 0.15) is 11.8 Å². The molecule has 0 aliphatic carbocycles. The number of nitrogens with one attached hydrogen (secondary N) is 1. The van der Waals surface area contributed by atoms with Crippen molar-refractivity contribution in [3.8, 4) is 0 Å². The summed E-state index contributed by atoms with van der Waals surface area (Å²) >= 11 is 0. The summed E-state index contributed by atoms with van der Waals surface area (Å²) in [4.78, 5) is 14.3. The predicted octanol–water partition coefficient (Wildman–Crippen LogP) is -3.45. The average molecular weight is 178 g/mol. The quantitative estimate of drug-likeness (QED) is 0.271. The minimum absolute atomic E-state index is 0. The molecule has 0 bridgehead atoms. The summed E-state index contributed by atoms with van der Waals surface area (Å²) in [6, 6.07) is 0.0181. The fourth-order valence-electron chi connectivity index (χ4n) is 0.681. The summed E-state index contributed by atoms with van der Waals surface area (Å²) in [5.41, 5.74) is 0. The van der Waals surface area contributed by atoms with Crippen molar-refractivity contribution >= 4 is 11.8 Å². The molecule has 0 spiro atoms. The maximum atomic E-state index is 10.5. The van der Waals surface area contributed by atoms with E-state index in [0.717, 1.165) is 0 Å². The molecule has 0 saturated heterocycles. The van der Waals surface area contributed by atoms with E-state index in [0.29, 0.717) is 0 Å². The van der Waals surface area contributed by atoms with E-state index in [1.165, 1.54) is 0 Å². The van der Waals surface area contributed by atoms with Gasteiger partial charge in [-0.1, -0.05) is 0 Å². The number of aliphatic imine (C=N–C) groups is 1. The van der Waals surface area contributed by atoms with Crippen LogP contribution >= 0.6 is 0 Å². The van der Waals surface area contributed by atoms with Crippen LogP contribution in [0.15, 0.2) is 4.99 Å². The first-order valence-corrected chi connectivity index (χ1v) is 3.99. The van der Waals surface area contributed by atoms with Crippen LogP contribution in [-0.4, -0.2) is 23.9 Å². The summed E-state index contributed by atoms with van der Waals surface area (Å²) < 4.78 is 0. The molecule has 0 radical (unpaired) electrons. The van der Waals surface area contributed by atoms with Gasteiger partial charge in [0.2, 0.25) is 0 Å². The minimum Gasteiger partial charge on any atom is -0.542 e. The molecule has 0 aliphatic rings. The third-order valence-electron chi connectivity index (χ3n) is 1.01. The van der Waals surface area contributed by atoms with E-state index >= 15 is 0 Å². The molecule has 0 fully saturated rings. The first-order valence-electron chi connectivity index (χ1n) is 3.99. The van der Waals surface area contributed by atoms with E-state index < -0.39 is 5.97 Å². The molecule has 4 nitrogen and oxygen atoms in total. The number of nitrogens with zero attached hydrogens (tertiary/aromatic N) is 1. The first kappa shape index (κ1) is 15.0. The van der Waals surface area contributed by atoms with Crippen molar-refractivity contribution in [2.75, 3.05) is 0 Å². The second-order valence-corrected chi connectivity index (χ2v) is 3.16. The predicted molar refractivity (Wildman–Crippen MR) is 45.8 cm³/mol. The molecular weight excluding hydrogens is 163 g/mol. The van der Waals surface area contributed by atoms with Crippen molar-refractivity contribution in [2.45, 2.75) is 39.8 Å². The Balaban J connectivity index is 0. The Kier molecular flexibility index (Phi) is 8.08. The molecule has 13 heavy (non-hydrogen) atoms. The zero-order chi connectivity index (χ0) is 9.72. The normalized spacial score (nSPS) is 11.4. The Labute approximate surface area is 91.0 Å². The van der Waals surface area contributed by atoms with Crippen LogP contribution in [-0.2, 0) is 4.79 Å². The molecule has 0 unspecified atom stereocenters. The van der Waals surface area contributed by atoms with E-state index in [9.17, 15) is 9.90 Å². The Bertz CT molecular complexity index is 191. The molecular formula is C8H15LiN2O2. The molecule has 5 heteroatoms. The van der Waals surface area contributed by atoms with Crippen molar-refractivity contribution in [1.82, 2.24) is 5.32 Å². The zero-order valence-corrected chi connectivity index (χ0v) is 8.92. The van der Waals surface area contributed by atoms with Crippen LogP contribution in [0.1, 0.15) is 27.7 Å². The topological polar surface area (TPSA) is 64.5 Å². The van der Waals surface area contributed by atoms with Crippen LogP contribution in [0.3, 0.4) is 0 Å². The van der Waals surface area contributed by atoms with Gasteiger partial charge in [-0.2, -0.15) is 0 Å². The number of hydrogen-bond acceptors (Lipinski definition) is 3. The van der Waals surface area contributed by atoms with E-state index in [1.807, 2.05) is 27.7 Å². The number of aliphatic carboxylic acids is 1. The summed E-state index contributed by atoms with van der Waals surface area (Å²) in [6.07, 6.45) is 0. The van der Waals surface area contributed by atoms with Crippen molar-refractivity contribution in [1.29, 1.82) is 0 Å². The second kappa shape index (κ2) is 6.99. The standard InChI is InChI=1S/C8H16N2O2.Li/c1-5(2)9-7(8(11)12)10-6(3)4;/h5-6H,1-4H3,(H,9,10)(H,11,12);/q;+1/p-1. The van der Waals surface area contributed by atoms with Gasteiger partial charge in [0, 0.05) is 12.1 Å². The first-order chi connectivity index (χ1) is 5.43. The number of carboxylic acids is 1. The van der Waals surface area contributed by atoms with Gasteiger partial charge in [-0.05, 0) is 27.7 Å². The Morgan fingerprint density at radius 1 is 1.31 bits per heavy atom. The smallest absolute Gasteiger partial charge is 0.542 e. The van der Waals surface area contributed by atoms with Crippen LogP contribution in [0.25, 0.3) is 0 Å². The molecule has 0 aromatic rings. The maximum absolute atomic E-state index is 10.5. The van der Waals surface area contributed by atoms with Gasteiger partial charge in [0.15, 0.2) is 0 Å². The molecule has 0 heterocycles. The third kappa shape index (κ3) is 7.88. The van der Waals surface area contributed by atoms with Crippen LogP contribution < -0.4 is 29.3 Å². The number of carboxylic acid groups (broad SMARTS) is 1. The Hall–Kier alpha value is -0.463. The zero-order valence-electron chi connectivity index (χ0n) is 8.92. The summed E-state index contributed by atoms with van der Waals surface area (Å²) in [5, 5.41) is 13.2. The van der Waals surface area contributed by atoms with Crippen molar-refractivity contribution in [2.24, 2.45) is 4.99 Å². The molecule has 0 amide bonds. The van der Waals surface area contributed by atoms with Gasteiger partial charge >= 0.3 is 18.9 Å². The van der Waals surface area contributed by atoms with Gasteiger partial charge in [0.25, 0.3) is 0 Å². The van der Waals surface area contributed by atoms with E-state index in [2.05, 4.69) is 10.3 Å². The Morgan fingerprint density at radius 3 is 2.00 bits per heavy atom. The van der Waals surface area contributed by atoms with Crippen molar-refractivity contribution in [3.63, 3.8) is 0 Å². The molecule has 0 rings (SSSR count). The third-order valence-corrected chi connectivity index (χ3v) is 1.01. The van der Waals surface area contributed by atoms with Gasteiger partial charge in [-0.3, -0.25) is 4.99 Å².